The third kappa shape index (κ3) is 1.70. The van der Waals surface area contributed by atoms with Crippen LogP contribution < -0.4 is 0 Å². The van der Waals surface area contributed by atoms with Crippen LogP contribution in [0.3, 0.4) is 0 Å². The molecule has 0 N–H and O–H groups in total. The molecule has 0 radical (unpaired) electrons. The number of nitrogens with zero attached hydrogens (tertiary/aromatic N) is 1. The van der Waals surface area contributed by atoms with Gasteiger partial charge in [0.1, 0.15) is 11.5 Å². The van der Waals surface area contributed by atoms with E-state index >= 15 is 0 Å². The van der Waals surface area contributed by atoms with Crippen molar-refractivity contribution in [2.24, 2.45) is 0 Å². The van der Waals surface area contributed by atoms with Crippen LogP contribution in [0.2, 0.25) is 0 Å². The van der Waals surface area contributed by atoms with Crippen molar-refractivity contribution in [2.45, 2.75) is 20.3 Å². The van der Waals surface area contributed by atoms with Gasteiger partial charge in [-0.1, -0.05) is 6.92 Å². The molecule has 0 amide bonds. The van der Waals surface area contributed by atoms with Gasteiger partial charge in [-0.2, -0.15) is 0 Å². The Labute approximate surface area is 86.9 Å². The molecule has 78 valence electrons. The monoisotopic (exact) mass is 205 g/mol. The zero-order valence-corrected chi connectivity index (χ0v) is 8.61. The third-order valence-corrected chi connectivity index (χ3v) is 2.11. The van der Waals surface area contributed by atoms with Crippen LogP contribution >= 0.6 is 0 Å². The van der Waals surface area contributed by atoms with Crippen LogP contribution in [-0.4, -0.2) is 10.8 Å². The average Bonchev–Trinajstić information content (AvgIpc) is 2.84. The van der Waals surface area contributed by atoms with Crippen molar-refractivity contribution in [3.63, 3.8) is 0 Å². The van der Waals surface area contributed by atoms with Crippen LogP contribution in [-0.2, 0) is 0 Å². The summed E-state index contributed by atoms with van der Waals surface area (Å²) in [6.45, 7) is 3.52. The predicted octanol–water partition coefficient (Wildman–Crippen LogP) is 2.84. The zero-order chi connectivity index (χ0) is 10.8. The minimum atomic E-state index is -0.0194. The van der Waals surface area contributed by atoms with E-state index in [0.29, 0.717) is 29.5 Å². The largest absolute Gasteiger partial charge is 0.459 e. The van der Waals surface area contributed by atoms with Crippen molar-refractivity contribution in [2.75, 3.05) is 0 Å². The molecule has 0 aliphatic rings. The molecule has 0 unspecified atom stereocenters. The Bertz CT molecular complexity index is 468. The highest BCUT2D eigenvalue weighted by molar-refractivity contribution is 5.95. The van der Waals surface area contributed by atoms with Gasteiger partial charge >= 0.3 is 0 Å². The molecule has 2 aromatic heterocycles. The molecule has 0 spiro atoms. The molecular weight excluding hydrogens is 194 g/mol. The van der Waals surface area contributed by atoms with Gasteiger partial charge < -0.3 is 8.83 Å². The number of hydrogen-bond donors (Lipinski definition) is 0. The summed E-state index contributed by atoms with van der Waals surface area (Å²) in [5.74, 6) is 1.41. The maximum absolute atomic E-state index is 11.5. The van der Waals surface area contributed by atoms with Crippen LogP contribution in [0.4, 0.5) is 0 Å². The van der Waals surface area contributed by atoms with Gasteiger partial charge in [0.2, 0.25) is 0 Å². The van der Waals surface area contributed by atoms with Crippen molar-refractivity contribution in [3.05, 3.63) is 29.9 Å². The molecule has 0 aliphatic heterocycles. The summed E-state index contributed by atoms with van der Waals surface area (Å²) in [7, 11) is 0. The van der Waals surface area contributed by atoms with Crippen molar-refractivity contribution >= 4 is 5.78 Å². The molecule has 0 saturated carbocycles. The highest BCUT2D eigenvalue weighted by Crippen LogP contribution is 2.22. The number of aryl methyl sites for hydroxylation is 1. The van der Waals surface area contributed by atoms with Gasteiger partial charge in [-0.15, -0.1) is 0 Å². The fraction of sp³-hybridized carbons (Fsp3) is 0.273. The zero-order valence-electron chi connectivity index (χ0n) is 8.61. The first-order valence-corrected chi connectivity index (χ1v) is 4.77. The van der Waals surface area contributed by atoms with E-state index in [4.69, 9.17) is 8.83 Å². The second-order valence-corrected chi connectivity index (χ2v) is 3.18. The summed E-state index contributed by atoms with van der Waals surface area (Å²) < 4.78 is 10.5. The quantitative estimate of drug-likeness (QED) is 0.723. The van der Waals surface area contributed by atoms with Gasteiger partial charge in [0.25, 0.3) is 5.89 Å². The number of carbonyl (C=O) groups excluding carboxylic acids is 1. The second-order valence-electron chi connectivity index (χ2n) is 3.18. The molecule has 15 heavy (non-hydrogen) atoms. The maximum Gasteiger partial charge on any atom is 0.263 e. The van der Waals surface area contributed by atoms with E-state index in [0.717, 1.165) is 0 Å². The number of rotatable bonds is 3. The van der Waals surface area contributed by atoms with Crippen LogP contribution in [0.15, 0.2) is 27.2 Å². The van der Waals surface area contributed by atoms with Crippen molar-refractivity contribution in [3.8, 4) is 11.7 Å². The first kappa shape index (κ1) is 9.71. The van der Waals surface area contributed by atoms with Gasteiger partial charge in [0.05, 0.1) is 6.26 Å². The number of furan rings is 1. The fourth-order valence-corrected chi connectivity index (χ4v) is 1.33. The highest BCUT2D eigenvalue weighted by atomic mass is 16.4. The van der Waals surface area contributed by atoms with E-state index in [9.17, 15) is 4.79 Å². The maximum atomic E-state index is 11.5. The van der Waals surface area contributed by atoms with Crippen molar-refractivity contribution in [1.29, 1.82) is 0 Å². The highest BCUT2D eigenvalue weighted by Gasteiger charge is 2.17. The fourth-order valence-electron chi connectivity index (χ4n) is 1.33. The van der Waals surface area contributed by atoms with E-state index in [1.807, 2.05) is 0 Å². The second kappa shape index (κ2) is 3.73. The predicted molar refractivity (Wildman–Crippen MR) is 53.6 cm³/mol. The Morgan fingerprint density at radius 2 is 2.33 bits per heavy atom. The van der Waals surface area contributed by atoms with Gasteiger partial charge in [0.15, 0.2) is 11.5 Å². The number of Topliss-reactive ketones (excluding diaryl/α,β-unsaturated/α-hetero) is 1. The molecule has 0 saturated heterocycles. The number of ketones is 1. The Morgan fingerprint density at radius 1 is 1.53 bits per heavy atom. The SMILES string of the molecule is CCC(=O)c1nc(-c2ccco2)oc1C. The summed E-state index contributed by atoms with van der Waals surface area (Å²) in [5, 5.41) is 0. The van der Waals surface area contributed by atoms with Gasteiger partial charge in [-0.05, 0) is 19.1 Å². The molecular formula is C11H11NO3. The molecule has 0 fully saturated rings. The van der Waals surface area contributed by atoms with Crippen molar-refractivity contribution in [1.82, 2.24) is 4.98 Å². The normalized spacial score (nSPS) is 10.5. The minimum Gasteiger partial charge on any atom is -0.459 e. The molecule has 0 atom stereocenters. The van der Waals surface area contributed by atoms with Gasteiger partial charge in [0, 0.05) is 6.42 Å². The van der Waals surface area contributed by atoms with Crippen molar-refractivity contribution < 1.29 is 13.6 Å². The summed E-state index contributed by atoms with van der Waals surface area (Å²) in [6.07, 6.45) is 1.96. The summed E-state index contributed by atoms with van der Waals surface area (Å²) in [4.78, 5) is 15.6. The van der Waals surface area contributed by atoms with Gasteiger partial charge in [-0.25, -0.2) is 4.98 Å². The van der Waals surface area contributed by atoms with Gasteiger partial charge in [-0.3, -0.25) is 4.79 Å². The lowest BCUT2D eigenvalue weighted by Gasteiger charge is -1.89. The molecule has 4 heteroatoms. The van der Waals surface area contributed by atoms with E-state index < -0.39 is 0 Å². The minimum absolute atomic E-state index is 0.0194. The van der Waals surface area contributed by atoms with E-state index in [2.05, 4.69) is 4.98 Å². The molecule has 2 aromatic rings. The third-order valence-electron chi connectivity index (χ3n) is 2.11. The van der Waals surface area contributed by atoms with E-state index in [-0.39, 0.29) is 5.78 Å². The Morgan fingerprint density at radius 3 is 2.93 bits per heavy atom. The lowest BCUT2D eigenvalue weighted by atomic mass is 10.2. The standard InChI is InChI=1S/C11H11NO3/c1-3-8(13)10-7(2)15-11(12-10)9-5-4-6-14-9/h4-6H,3H2,1-2H3. The Balaban J connectivity index is 2.41. The summed E-state index contributed by atoms with van der Waals surface area (Å²) in [6, 6.07) is 3.49. The number of aromatic nitrogens is 1. The lowest BCUT2D eigenvalue weighted by molar-refractivity contribution is 0.0982. The smallest absolute Gasteiger partial charge is 0.263 e. The number of hydrogen-bond acceptors (Lipinski definition) is 4. The van der Waals surface area contributed by atoms with Crippen LogP contribution in [0.25, 0.3) is 11.7 Å². The number of oxazole rings is 1. The van der Waals surface area contributed by atoms with E-state index in [1.165, 1.54) is 6.26 Å². The Kier molecular flexibility index (Phi) is 2.41. The average molecular weight is 205 g/mol. The van der Waals surface area contributed by atoms with Crippen LogP contribution in [0.5, 0.6) is 0 Å². The summed E-state index contributed by atoms with van der Waals surface area (Å²) in [5.41, 5.74) is 0.393. The first-order chi connectivity index (χ1) is 7.22. The molecule has 0 aromatic carbocycles. The molecule has 2 heterocycles. The van der Waals surface area contributed by atoms with E-state index in [1.54, 1.807) is 26.0 Å². The lowest BCUT2D eigenvalue weighted by Crippen LogP contribution is -1.98. The molecule has 2 rings (SSSR count). The van der Waals surface area contributed by atoms with Crippen LogP contribution in [0.1, 0.15) is 29.6 Å². The molecule has 0 aliphatic carbocycles. The first-order valence-electron chi connectivity index (χ1n) is 4.77. The Hall–Kier alpha value is -1.84. The summed E-state index contributed by atoms with van der Waals surface area (Å²) >= 11 is 0. The van der Waals surface area contributed by atoms with Crippen LogP contribution in [0, 0.1) is 6.92 Å². The topological polar surface area (TPSA) is 56.2 Å². The number of carbonyl (C=O) groups is 1. The molecule has 4 nitrogen and oxygen atoms in total. The molecule has 0 bridgehead atoms.